The number of allylic oxidation sites excluding steroid dienone is 1. The molecule has 0 aliphatic carbocycles. The first-order valence-electron chi connectivity index (χ1n) is 5.10. The van der Waals surface area contributed by atoms with E-state index in [4.69, 9.17) is 0 Å². The number of aromatic nitrogens is 1. The van der Waals surface area contributed by atoms with Crippen LogP contribution in [0.1, 0.15) is 24.1 Å². The van der Waals surface area contributed by atoms with Crippen molar-refractivity contribution in [3.63, 3.8) is 0 Å². The van der Waals surface area contributed by atoms with E-state index in [2.05, 4.69) is 36.3 Å². The van der Waals surface area contributed by atoms with Crippen LogP contribution in [0.25, 0.3) is 0 Å². The van der Waals surface area contributed by atoms with Gasteiger partial charge in [0, 0.05) is 18.7 Å². The fourth-order valence-corrected chi connectivity index (χ4v) is 1.95. The molecule has 2 heterocycles. The molecule has 0 saturated carbocycles. The van der Waals surface area contributed by atoms with Crippen molar-refractivity contribution < 1.29 is 0 Å². The molecule has 1 aromatic rings. The van der Waals surface area contributed by atoms with E-state index in [1.54, 1.807) is 0 Å². The third kappa shape index (κ3) is 1.65. The zero-order chi connectivity index (χ0) is 9.97. The lowest BCUT2D eigenvalue weighted by Gasteiger charge is -2.25. The molecule has 1 aliphatic rings. The maximum atomic E-state index is 4.47. The molecule has 0 aromatic carbocycles. The molecule has 0 fully saturated rings. The maximum absolute atomic E-state index is 4.47. The summed E-state index contributed by atoms with van der Waals surface area (Å²) in [5.74, 6) is 1.09. The van der Waals surface area contributed by atoms with E-state index in [1.165, 1.54) is 11.3 Å². The third-order valence-electron chi connectivity index (χ3n) is 2.84. The predicted molar refractivity (Wildman–Crippen MR) is 58.0 cm³/mol. The maximum Gasteiger partial charge on any atom is 0.0505 e. The van der Waals surface area contributed by atoms with Crippen molar-refractivity contribution in [1.82, 2.24) is 10.3 Å². The first-order valence-corrected chi connectivity index (χ1v) is 5.10. The quantitative estimate of drug-likeness (QED) is 0.731. The Morgan fingerprint density at radius 1 is 1.50 bits per heavy atom. The van der Waals surface area contributed by atoms with Gasteiger partial charge < -0.3 is 5.32 Å². The molecule has 0 radical (unpaired) electrons. The van der Waals surface area contributed by atoms with Gasteiger partial charge in [0.05, 0.1) is 5.69 Å². The molecule has 14 heavy (non-hydrogen) atoms. The summed E-state index contributed by atoms with van der Waals surface area (Å²) in [6, 6.07) is 4.12. The Balaban J connectivity index is 2.34. The molecule has 0 bridgehead atoms. The van der Waals surface area contributed by atoms with Crippen LogP contribution in [0.4, 0.5) is 0 Å². The molecule has 1 N–H and O–H groups in total. The lowest BCUT2D eigenvalue weighted by Crippen LogP contribution is -2.26. The van der Waals surface area contributed by atoms with Gasteiger partial charge in [-0.1, -0.05) is 19.1 Å². The van der Waals surface area contributed by atoms with E-state index >= 15 is 0 Å². The highest BCUT2D eigenvalue weighted by Crippen LogP contribution is 2.27. The lowest BCUT2D eigenvalue weighted by atomic mass is 9.87. The molecule has 2 nitrogen and oxygen atoms in total. The second kappa shape index (κ2) is 3.82. The SMILES string of the molecule is Cc1cccnc1C1C=CNCC1C. The fraction of sp³-hybridized carbons (Fsp3) is 0.417. The summed E-state index contributed by atoms with van der Waals surface area (Å²) < 4.78 is 0. The molecule has 1 aliphatic heterocycles. The number of hydrogen-bond donors (Lipinski definition) is 1. The molecular formula is C12H16N2. The topological polar surface area (TPSA) is 24.9 Å². The summed E-state index contributed by atoms with van der Waals surface area (Å²) in [5.41, 5.74) is 2.51. The van der Waals surface area contributed by atoms with E-state index < -0.39 is 0 Å². The molecule has 2 atom stereocenters. The van der Waals surface area contributed by atoms with Crippen molar-refractivity contribution in [1.29, 1.82) is 0 Å². The second-order valence-corrected chi connectivity index (χ2v) is 3.98. The van der Waals surface area contributed by atoms with Crippen LogP contribution in [0.15, 0.2) is 30.6 Å². The summed E-state index contributed by atoms with van der Waals surface area (Å²) >= 11 is 0. The van der Waals surface area contributed by atoms with Crippen molar-refractivity contribution >= 4 is 0 Å². The van der Waals surface area contributed by atoms with E-state index in [0.717, 1.165) is 6.54 Å². The average Bonchev–Trinajstić information content (AvgIpc) is 2.20. The first kappa shape index (κ1) is 9.25. The molecule has 0 amide bonds. The number of hydrogen-bond acceptors (Lipinski definition) is 2. The molecule has 2 heteroatoms. The van der Waals surface area contributed by atoms with Crippen LogP contribution in [0, 0.1) is 12.8 Å². The highest BCUT2D eigenvalue weighted by atomic mass is 14.9. The van der Waals surface area contributed by atoms with Gasteiger partial charge >= 0.3 is 0 Å². The van der Waals surface area contributed by atoms with Crippen LogP contribution in [0.3, 0.4) is 0 Å². The van der Waals surface area contributed by atoms with Crippen molar-refractivity contribution in [3.05, 3.63) is 41.9 Å². The number of rotatable bonds is 1. The number of pyridine rings is 1. The van der Waals surface area contributed by atoms with Gasteiger partial charge in [-0.05, 0) is 30.7 Å². The van der Waals surface area contributed by atoms with Gasteiger partial charge in [-0.2, -0.15) is 0 Å². The number of aryl methyl sites for hydroxylation is 1. The molecular weight excluding hydrogens is 172 g/mol. The van der Waals surface area contributed by atoms with Crippen molar-refractivity contribution in [2.45, 2.75) is 19.8 Å². The van der Waals surface area contributed by atoms with Crippen molar-refractivity contribution in [2.24, 2.45) is 5.92 Å². The Labute approximate surface area is 85.1 Å². The Kier molecular flexibility index (Phi) is 2.53. The van der Waals surface area contributed by atoms with E-state index in [-0.39, 0.29) is 0 Å². The van der Waals surface area contributed by atoms with Crippen LogP contribution in [0.2, 0.25) is 0 Å². The van der Waals surface area contributed by atoms with Crippen molar-refractivity contribution in [3.8, 4) is 0 Å². The van der Waals surface area contributed by atoms with Crippen LogP contribution in [-0.2, 0) is 0 Å². The Bertz CT molecular complexity index is 344. The number of nitrogens with one attached hydrogen (secondary N) is 1. The minimum Gasteiger partial charge on any atom is -0.391 e. The van der Waals surface area contributed by atoms with Gasteiger partial charge in [0.25, 0.3) is 0 Å². The average molecular weight is 188 g/mol. The van der Waals surface area contributed by atoms with Crippen LogP contribution in [0.5, 0.6) is 0 Å². The highest BCUT2D eigenvalue weighted by molar-refractivity contribution is 5.26. The predicted octanol–water partition coefficient (Wildman–Crippen LogP) is 2.23. The Morgan fingerprint density at radius 2 is 2.36 bits per heavy atom. The molecule has 74 valence electrons. The smallest absolute Gasteiger partial charge is 0.0505 e. The summed E-state index contributed by atoms with van der Waals surface area (Å²) in [7, 11) is 0. The molecule has 1 aromatic heterocycles. The molecule has 0 spiro atoms. The van der Waals surface area contributed by atoms with Gasteiger partial charge in [0.2, 0.25) is 0 Å². The molecule has 2 unspecified atom stereocenters. The Hall–Kier alpha value is -1.31. The van der Waals surface area contributed by atoms with Crippen molar-refractivity contribution in [2.75, 3.05) is 6.54 Å². The summed E-state index contributed by atoms with van der Waals surface area (Å²) in [6.45, 7) is 5.43. The zero-order valence-corrected chi connectivity index (χ0v) is 8.70. The Morgan fingerprint density at radius 3 is 3.07 bits per heavy atom. The van der Waals surface area contributed by atoms with E-state index in [0.29, 0.717) is 11.8 Å². The third-order valence-corrected chi connectivity index (χ3v) is 2.84. The summed E-state index contributed by atoms with van der Waals surface area (Å²) in [4.78, 5) is 4.47. The monoisotopic (exact) mass is 188 g/mol. The largest absolute Gasteiger partial charge is 0.391 e. The van der Waals surface area contributed by atoms with E-state index in [9.17, 15) is 0 Å². The second-order valence-electron chi connectivity index (χ2n) is 3.98. The van der Waals surface area contributed by atoms with Crippen LogP contribution >= 0.6 is 0 Å². The minimum atomic E-state index is 0.470. The van der Waals surface area contributed by atoms with E-state index in [1.807, 2.05) is 18.5 Å². The van der Waals surface area contributed by atoms with Crippen LogP contribution < -0.4 is 5.32 Å². The lowest BCUT2D eigenvalue weighted by molar-refractivity contribution is 0.474. The van der Waals surface area contributed by atoms with Gasteiger partial charge in [0.15, 0.2) is 0 Å². The summed E-state index contributed by atoms with van der Waals surface area (Å²) in [6.07, 6.45) is 6.13. The minimum absolute atomic E-state index is 0.470. The van der Waals surface area contributed by atoms with Gasteiger partial charge in [-0.15, -0.1) is 0 Å². The standard InChI is InChI=1S/C12H16N2/c1-9-4-3-6-14-12(9)11-5-7-13-8-10(11)2/h3-7,10-11,13H,8H2,1-2H3. The zero-order valence-electron chi connectivity index (χ0n) is 8.70. The van der Waals surface area contributed by atoms with Gasteiger partial charge in [-0.3, -0.25) is 4.98 Å². The molecule has 0 saturated heterocycles. The summed E-state index contributed by atoms with van der Waals surface area (Å²) in [5, 5.41) is 3.25. The van der Waals surface area contributed by atoms with Gasteiger partial charge in [-0.25, -0.2) is 0 Å². The number of nitrogens with zero attached hydrogens (tertiary/aromatic N) is 1. The molecule has 2 rings (SSSR count). The highest BCUT2D eigenvalue weighted by Gasteiger charge is 2.21. The van der Waals surface area contributed by atoms with Gasteiger partial charge in [0.1, 0.15) is 0 Å². The first-order chi connectivity index (χ1) is 6.79. The normalized spacial score (nSPS) is 25.9. The van der Waals surface area contributed by atoms with Crippen LogP contribution in [-0.4, -0.2) is 11.5 Å². The fourth-order valence-electron chi connectivity index (χ4n) is 1.95.